The van der Waals surface area contributed by atoms with Gasteiger partial charge < -0.3 is 15.7 Å². The van der Waals surface area contributed by atoms with E-state index in [1.165, 1.54) is 18.7 Å². The van der Waals surface area contributed by atoms with E-state index in [0.29, 0.717) is 18.6 Å². The first kappa shape index (κ1) is 19.0. The number of thioether (sulfide) groups is 1. The zero-order valence-electron chi connectivity index (χ0n) is 13.2. The van der Waals surface area contributed by atoms with E-state index in [9.17, 15) is 19.5 Å². The average Bonchev–Trinajstić information content (AvgIpc) is 2.50. The van der Waals surface area contributed by atoms with Crippen LogP contribution in [0.15, 0.2) is 30.3 Å². The Labute approximate surface area is 140 Å². The van der Waals surface area contributed by atoms with Crippen LogP contribution in [0.1, 0.15) is 18.9 Å². The van der Waals surface area contributed by atoms with Crippen molar-refractivity contribution >= 4 is 29.5 Å². The molecule has 1 rings (SSSR count). The Bertz CT molecular complexity index is 536. The summed E-state index contributed by atoms with van der Waals surface area (Å²) in [6, 6.07) is 7.50. The molecule has 2 amide bonds. The minimum Gasteiger partial charge on any atom is -0.480 e. The Morgan fingerprint density at radius 1 is 1.13 bits per heavy atom. The third kappa shape index (κ3) is 7.19. The molecule has 6 nitrogen and oxygen atoms in total. The normalized spacial score (nSPS) is 13.0. The highest BCUT2D eigenvalue weighted by molar-refractivity contribution is 7.98. The Balaban J connectivity index is 2.77. The number of rotatable bonds is 9. The van der Waals surface area contributed by atoms with Crippen molar-refractivity contribution in [1.82, 2.24) is 10.6 Å². The molecule has 7 heteroatoms. The summed E-state index contributed by atoms with van der Waals surface area (Å²) < 4.78 is 0. The quantitative estimate of drug-likeness (QED) is 0.626. The molecule has 0 aliphatic heterocycles. The second kappa shape index (κ2) is 9.89. The number of hydrogen-bond donors (Lipinski definition) is 3. The molecule has 0 saturated carbocycles. The predicted molar refractivity (Wildman–Crippen MR) is 90.3 cm³/mol. The lowest BCUT2D eigenvalue weighted by molar-refractivity contribution is -0.142. The predicted octanol–water partition coefficient (Wildman–Crippen LogP) is 1.06. The number of carboxylic acid groups (broad SMARTS) is 1. The highest BCUT2D eigenvalue weighted by Crippen LogP contribution is 2.06. The lowest BCUT2D eigenvalue weighted by Gasteiger charge is -2.21. The maximum absolute atomic E-state index is 12.4. The largest absolute Gasteiger partial charge is 0.480 e. The van der Waals surface area contributed by atoms with Gasteiger partial charge in [-0.3, -0.25) is 9.59 Å². The van der Waals surface area contributed by atoms with Gasteiger partial charge in [-0.1, -0.05) is 30.3 Å². The number of carboxylic acids is 1. The van der Waals surface area contributed by atoms with E-state index >= 15 is 0 Å². The molecule has 126 valence electrons. The SMILES string of the molecule is CSCC[C@@H](NC(=O)[C@H](Cc1ccccc1)NC(C)=O)C(=O)O. The van der Waals surface area contributed by atoms with Crippen molar-refractivity contribution in [3.63, 3.8) is 0 Å². The number of benzene rings is 1. The van der Waals surface area contributed by atoms with E-state index in [2.05, 4.69) is 10.6 Å². The maximum atomic E-state index is 12.4. The highest BCUT2D eigenvalue weighted by Gasteiger charge is 2.25. The number of hydrogen-bond acceptors (Lipinski definition) is 4. The molecule has 0 aromatic heterocycles. The second-order valence-corrected chi connectivity index (χ2v) is 6.11. The van der Waals surface area contributed by atoms with Gasteiger partial charge in [0.15, 0.2) is 0 Å². The number of nitrogens with one attached hydrogen (secondary N) is 2. The summed E-state index contributed by atoms with van der Waals surface area (Å²) in [5.41, 5.74) is 0.886. The fourth-order valence-electron chi connectivity index (χ4n) is 2.07. The van der Waals surface area contributed by atoms with Crippen molar-refractivity contribution in [1.29, 1.82) is 0 Å². The summed E-state index contributed by atoms with van der Waals surface area (Å²) in [5, 5.41) is 14.3. The first-order chi connectivity index (χ1) is 10.9. The number of carbonyl (C=O) groups is 3. The van der Waals surface area contributed by atoms with Crippen molar-refractivity contribution in [3.05, 3.63) is 35.9 Å². The molecule has 1 aromatic carbocycles. The van der Waals surface area contributed by atoms with Gasteiger partial charge >= 0.3 is 5.97 Å². The van der Waals surface area contributed by atoms with Crippen LogP contribution in [0.4, 0.5) is 0 Å². The van der Waals surface area contributed by atoms with E-state index in [0.717, 1.165) is 5.56 Å². The molecule has 0 heterocycles. The lowest BCUT2D eigenvalue weighted by atomic mass is 10.0. The van der Waals surface area contributed by atoms with E-state index in [-0.39, 0.29) is 5.91 Å². The standard InChI is InChI=1S/C16H22N2O4S/c1-11(19)17-14(10-12-6-4-3-5-7-12)15(20)18-13(16(21)22)8-9-23-2/h3-7,13-14H,8-10H2,1-2H3,(H,17,19)(H,18,20)(H,21,22)/t13-,14+/m1/s1. The molecule has 0 spiro atoms. The summed E-state index contributed by atoms with van der Waals surface area (Å²) in [4.78, 5) is 34.9. The molecule has 1 aromatic rings. The van der Waals surface area contributed by atoms with Crippen molar-refractivity contribution in [3.8, 4) is 0 Å². The lowest BCUT2D eigenvalue weighted by Crippen LogP contribution is -2.52. The zero-order valence-corrected chi connectivity index (χ0v) is 14.1. The third-order valence-corrected chi connectivity index (χ3v) is 3.85. The average molecular weight is 338 g/mol. The number of aliphatic carboxylic acids is 1. The van der Waals surface area contributed by atoms with Crippen molar-refractivity contribution in [2.45, 2.75) is 31.8 Å². The van der Waals surface area contributed by atoms with Gasteiger partial charge in [-0.2, -0.15) is 11.8 Å². The molecule has 0 radical (unpaired) electrons. The number of carbonyl (C=O) groups excluding carboxylic acids is 2. The zero-order chi connectivity index (χ0) is 17.2. The van der Waals surface area contributed by atoms with Crippen LogP contribution >= 0.6 is 11.8 Å². The molecule has 0 fully saturated rings. The molecular weight excluding hydrogens is 316 g/mol. The first-order valence-corrected chi connectivity index (χ1v) is 8.66. The molecule has 0 aliphatic rings. The van der Waals surface area contributed by atoms with Crippen LogP contribution in [0, 0.1) is 0 Å². The summed E-state index contributed by atoms with van der Waals surface area (Å²) in [6.07, 6.45) is 2.51. The van der Waals surface area contributed by atoms with Crippen LogP contribution in [0.3, 0.4) is 0 Å². The maximum Gasteiger partial charge on any atom is 0.326 e. The fraction of sp³-hybridized carbons (Fsp3) is 0.438. The molecular formula is C16H22N2O4S. The molecule has 2 atom stereocenters. The number of amides is 2. The Kier molecular flexibility index (Phi) is 8.18. The van der Waals surface area contributed by atoms with Crippen LogP contribution in [-0.2, 0) is 20.8 Å². The van der Waals surface area contributed by atoms with Gasteiger partial charge in [0.05, 0.1) is 0 Å². The Morgan fingerprint density at radius 2 is 1.78 bits per heavy atom. The van der Waals surface area contributed by atoms with E-state index in [1.807, 2.05) is 36.6 Å². The summed E-state index contributed by atoms with van der Waals surface area (Å²) >= 11 is 1.51. The van der Waals surface area contributed by atoms with Gasteiger partial charge in [0, 0.05) is 13.3 Å². The van der Waals surface area contributed by atoms with Crippen LogP contribution in [-0.4, -0.2) is 47.0 Å². The van der Waals surface area contributed by atoms with Gasteiger partial charge in [0.2, 0.25) is 11.8 Å². The minimum atomic E-state index is -1.08. The highest BCUT2D eigenvalue weighted by atomic mass is 32.2. The molecule has 0 unspecified atom stereocenters. The summed E-state index contributed by atoms with van der Waals surface area (Å²) in [6.45, 7) is 1.33. The molecule has 0 bridgehead atoms. The topological polar surface area (TPSA) is 95.5 Å². The molecule has 23 heavy (non-hydrogen) atoms. The minimum absolute atomic E-state index is 0.307. The first-order valence-electron chi connectivity index (χ1n) is 7.27. The van der Waals surface area contributed by atoms with Crippen molar-refractivity contribution < 1.29 is 19.5 Å². The van der Waals surface area contributed by atoms with Gasteiger partial charge in [-0.15, -0.1) is 0 Å². The molecule has 3 N–H and O–H groups in total. The third-order valence-electron chi connectivity index (χ3n) is 3.20. The Hall–Kier alpha value is -2.02. The van der Waals surface area contributed by atoms with Gasteiger partial charge in [-0.25, -0.2) is 4.79 Å². The van der Waals surface area contributed by atoms with Crippen molar-refractivity contribution in [2.24, 2.45) is 0 Å². The van der Waals surface area contributed by atoms with Crippen LogP contribution < -0.4 is 10.6 Å². The van der Waals surface area contributed by atoms with Gasteiger partial charge in [-0.05, 0) is 24.0 Å². The van der Waals surface area contributed by atoms with E-state index < -0.39 is 24.0 Å². The van der Waals surface area contributed by atoms with Crippen molar-refractivity contribution in [2.75, 3.05) is 12.0 Å². The molecule has 0 aliphatic carbocycles. The summed E-state index contributed by atoms with van der Waals surface area (Å²) in [7, 11) is 0. The van der Waals surface area contributed by atoms with Crippen LogP contribution in [0.25, 0.3) is 0 Å². The Morgan fingerprint density at radius 3 is 2.30 bits per heavy atom. The molecule has 0 saturated heterocycles. The van der Waals surface area contributed by atoms with E-state index in [4.69, 9.17) is 0 Å². The van der Waals surface area contributed by atoms with Crippen LogP contribution in [0.2, 0.25) is 0 Å². The van der Waals surface area contributed by atoms with E-state index in [1.54, 1.807) is 0 Å². The van der Waals surface area contributed by atoms with Gasteiger partial charge in [0.1, 0.15) is 12.1 Å². The summed E-state index contributed by atoms with van der Waals surface area (Å²) in [5.74, 6) is -1.27. The fourth-order valence-corrected chi connectivity index (χ4v) is 2.54. The van der Waals surface area contributed by atoms with Gasteiger partial charge in [0.25, 0.3) is 0 Å². The second-order valence-electron chi connectivity index (χ2n) is 5.12. The monoisotopic (exact) mass is 338 g/mol. The smallest absolute Gasteiger partial charge is 0.326 e. The van der Waals surface area contributed by atoms with Crippen LogP contribution in [0.5, 0.6) is 0 Å².